The molecule has 0 radical (unpaired) electrons. The standard InChI is InChI=1S/C25H39BO5/c1-4-5-12-26-30-15-21(29)25(31-26)11-9-19-18-7-6-16-13-17(27)8-10-23(16,2)22(18)20(28)14-24(19,25)3/h16-19,22,27H,4-15H2,1-3H3/t16-,17-,18+,19+,22-,23+,24+,25+/m1/s1. The number of aliphatic hydroxyl groups is 1. The van der Waals surface area contributed by atoms with E-state index in [0.717, 1.165) is 64.1 Å². The molecule has 0 bridgehead atoms. The van der Waals surface area contributed by atoms with Gasteiger partial charge in [-0.1, -0.05) is 33.6 Å². The Labute approximate surface area is 187 Å². The van der Waals surface area contributed by atoms with Crippen molar-refractivity contribution in [1.82, 2.24) is 0 Å². The fourth-order valence-electron chi connectivity index (χ4n) is 8.81. The number of aliphatic hydroxyl groups excluding tert-OH is 1. The van der Waals surface area contributed by atoms with Gasteiger partial charge in [-0.3, -0.25) is 9.59 Å². The van der Waals surface area contributed by atoms with E-state index in [0.29, 0.717) is 30.0 Å². The molecule has 1 spiro atoms. The predicted molar refractivity (Wildman–Crippen MR) is 118 cm³/mol. The van der Waals surface area contributed by atoms with Crippen LogP contribution in [0.15, 0.2) is 0 Å². The van der Waals surface area contributed by atoms with Crippen LogP contribution < -0.4 is 0 Å². The van der Waals surface area contributed by atoms with Crippen LogP contribution in [0.4, 0.5) is 0 Å². The Kier molecular flexibility index (Phi) is 5.46. The Hall–Kier alpha value is -0.715. The molecule has 8 atom stereocenters. The molecular weight excluding hydrogens is 391 g/mol. The number of hydrogen-bond acceptors (Lipinski definition) is 5. The largest absolute Gasteiger partial charge is 0.457 e. The van der Waals surface area contributed by atoms with Gasteiger partial charge in [0.05, 0.1) is 12.7 Å². The number of rotatable bonds is 3. The summed E-state index contributed by atoms with van der Waals surface area (Å²) < 4.78 is 12.3. The predicted octanol–water partition coefficient (Wildman–Crippen LogP) is 4.21. The summed E-state index contributed by atoms with van der Waals surface area (Å²) in [6, 6.07) is 0. The third-order valence-electron chi connectivity index (χ3n) is 10.4. The third kappa shape index (κ3) is 3.07. The maximum atomic E-state index is 13.8. The Morgan fingerprint density at radius 2 is 1.94 bits per heavy atom. The molecule has 0 unspecified atom stereocenters. The Morgan fingerprint density at radius 3 is 2.71 bits per heavy atom. The van der Waals surface area contributed by atoms with Crippen LogP contribution in [-0.4, -0.2) is 42.1 Å². The van der Waals surface area contributed by atoms with E-state index in [1.165, 1.54) is 0 Å². The second-order valence-electron chi connectivity index (χ2n) is 11.8. The van der Waals surface area contributed by atoms with Crippen LogP contribution in [0.1, 0.15) is 85.0 Å². The van der Waals surface area contributed by atoms with Crippen molar-refractivity contribution < 1.29 is 24.0 Å². The molecule has 172 valence electrons. The molecule has 0 aromatic carbocycles. The minimum absolute atomic E-state index is 0.000513. The first-order chi connectivity index (χ1) is 14.7. The molecule has 31 heavy (non-hydrogen) atoms. The van der Waals surface area contributed by atoms with Crippen LogP contribution in [0.25, 0.3) is 0 Å². The van der Waals surface area contributed by atoms with E-state index in [1.807, 2.05) is 0 Å². The van der Waals surface area contributed by atoms with Crippen molar-refractivity contribution in [3.8, 4) is 0 Å². The van der Waals surface area contributed by atoms with Gasteiger partial charge in [-0.2, -0.15) is 0 Å². The summed E-state index contributed by atoms with van der Waals surface area (Å²) in [5.74, 6) is 1.63. The highest BCUT2D eigenvalue weighted by Crippen LogP contribution is 2.68. The summed E-state index contributed by atoms with van der Waals surface area (Å²) in [7, 11) is -0.325. The van der Waals surface area contributed by atoms with Gasteiger partial charge in [0.1, 0.15) is 11.4 Å². The molecule has 1 saturated heterocycles. The van der Waals surface area contributed by atoms with Gasteiger partial charge in [0.15, 0.2) is 5.78 Å². The van der Waals surface area contributed by atoms with Crippen LogP contribution in [0, 0.1) is 34.5 Å². The molecule has 0 aromatic rings. The van der Waals surface area contributed by atoms with E-state index in [9.17, 15) is 14.7 Å². The van der Waals surface area contributed by atoms with Crippen molar-refractivity contribution in [1.29, 1.82) is 0 Å². The average molecular weight is 430 g/mol. The zero-order valence-corrected chi connectivity index (χ0v) is 19.5. The first kappa shape index (κ1) is 22.1. The number of fused-ring (bicyclic) bond motifs is 6. The van der Waals surface area contributed by atoms with Gasteiger partial charge in [0.25, 0.3) is 0 Å². The molecule has 6 heteroatoms. The fourth-order valence-corrected chi connectivity index (χ4v) is 8.81. The smallest absolute Gasteiger partial charge is 0.404 e. The summed E-state index contributed by atoms with van der Waals surface area (Å²) >= 11 is 0. The molecule has 4 saturated carbocycles. The molecular formula is C25H39BO5. The molecule has 1 aliphatic heterocycles. The quantitative estimate of drug-likeness (QED) is 0.679. The van der Waals surface area contributed by atoms with E-state index in [2.05, 4.69) is 20.8 Å². The maximum Gasteiger partial charge on any atom is 0.457 e. The van der Waals surface area contributed by atoms with Crippen LogP contribution in [0.5, 0.6) is 0 Å². The van der Waals surface area contributed by atoms with Gasteiger partial charge in [-0.05, 0) is 74.4 Å². The van der Waals surface area contributed by atoms with Gasteiger partial charge in [-0.15, -0.1) is 0 Å². The van der Waals surface area contributed by atoms with E-state index < -0.39 is 11.0 Å². The lowest BCUT2D eigenvalue weighted by Crippen LogP contribution is -2.65. The van der Waals surface area contributed by atoms with Crippen molar-refractivity contribution in [2.24, 2.45) is 34.5 Å². The minimum Gasteiger partial charge on any atom is -0.404 e. The van der Waals surface area contributed by atoms with Crippen LogP contribution in [-0.2, 0) is 18.9 Å². The van der Waals surface area contributed by atoms with Crippen LogP contribution in [0.2, 0.25) is 6.32 Å². The topological polar surface area (TPSA) is 72.8 Å². The second kappa shape index (κ2) is 7.67. The normalized spacial score (nSPS) is 49.7. The summed E-state index contributed by atoms with van der Waals surface area (Å²) in [5.41, 5.74) is -1.27. The zero-order valence-electron chi connectivity index (χ0n) is 19.5. The molecule has 5 fully saturated rings. The second-order valence-corrected chi connectivity index (χ2v) is 11.8. The van der Waals surface area contributed by atoms with Crippen molar-refractivity contribution in [2.45, 2.75) is 103 Å². The molecule has 5 nitrogen and oxygen atoms in total. The zero-order chi connectivity index (χ0) is 22.0. The highest BCUT2D eigenvalue weighted by atomic mass is 16.6. The van der Waals surface area contributed by atoms with Crippen LogP contribution in [0.3, 0.4) is 0 Å². The van der Waals surface area contributed by atoms with Gasteiger partial charge >= 0.3 is 7.12 Å². The van der Waals surface area contributed by atoms with Crippen molar-refractivity contribution >= 4 is 18.7 Å². The fraction of sp³-hybridized carbons (Fsp3) is 0.920. The molecule has 5 aliphatic rings. The molecule has 1 N–H and O–H groups in total. The van der Waals surface area contributed by atoms with Gasteiger partial charge in [-0.25, -0.2) is 0 Å². The van der Waals surface area contributed by atoms with Gasteiger partial charge in [0, 0.05) is 17.8 Å². The molecule has 4 aliphatic carbocycles. The third-order valence-corrected chi connectivity index (χ3v) is 10.4. The highest BCUT2D eigenvalue weighted by Gasteiger charge is 2.71. The Balaban J connectivity index is 1.46. The lowest BCUT2D eigenvalue weighted by atomic mass is 9.43. The first-order valence-corrected chi connectivity index (χ1v) is 12.8. The number of carbonyl (C=O) groups is 2. The summed E-state index contributed by atoms with van der Waals surface area (Å²) in [6.45, 7) is 6.77. The monoisotopic (exact) mass is 430 g/mol. The molecule has 1 heterocycles. The highest BCUT2D eigenvalue weighted by molar-refractivity contribution is 6.46. The summed E-state index contributed by atoms with van der Waals surface area (Å²) in [4.78, 5) is 27.1. The van der Waals surface area contributed by atoms with E-state index in [1.54, 1.807) is 0 Å². The number of ketones is 2. The summed E-state index contributed by atoms with van der Waals surface area (Å²) in [5, 5.41) is 10.2. The van der Waals surface area contributed by atoms with Crippen molar-refractivity contribution in [3.63, 3.8) is 0 Å². The van der Waals surface area contributed by atoms with Crippen molar-refractivity contribution in [2.75, 3.05) is 6.61 Å². The minimum atomic E-state index is -0.852. The number of unbranched alkanes of at least 4 members (excludes halogenated alkanes) is 1. The molecule has 5 rings (SSSR count). The first-order valence-electron chi connectivity index (χ1n) is 12.8. The summed E-state index contributed by atoms with van der Waals surface area (Å²) in [6.07, 6.45) is 9.60. The molecule has 0 amide bonds. The van der Waals surface area contributed by atoms with E-state index >= 15 is 0 Å². The Bertz CT molecular complexity index is 756. The average Bonchev–Trinajstić information content (AvgIpc) is 3.01. The lowest BCUT2D eigenvalue weighted by molar-refractivity contribution is -0.182. The van der Waals surface area contributed by atoms with Crippen molar-refractivity contribution in [3.05, 3.63) is 0 Å². The Morgan fingerprint density at radius 1 is 1.13 bits per heavy atom. The maximum absolute atomic E-state index is 13.8. The SMILES string of the molecule is CCCCB1OCC(=O)[C@]2(CC[C@H]3[C@@H]4CC[C@@H]5C[C@H](O)CC[C@]5(C)[C@H]4C(=O)C[C@@]32C)O1. The molecule has 0 aromatic heterocycles. The van der Waals surface area contributed by atoms with Gasteiger partial charge in [0.2, 0.25) is 0 Å². The number of hydrogen-bond donors (Lipinski definition) is 1. The van der Waals surface area contributed by atoms with Gasteiger partial charge < -0.3 is 14.4 Å². The lowest BCUT2D eigenvalue weighted by Gasteiger charge is -2.61. The van der Waals surface area contributed by atoms with E-state index in [4.69, 9.17) is 9.31 Å². The van der Waals surface area contributed by atoms with E-state index in [-0.39, 0.29) is 36.9 Å². The number of Topliss-reactive ketones (excluding diaryl/α,β-unsaturated/α-hetero) is 2. The number of carbonyl (C=O) groups excluding carboxylic acids is 2. The van der Waals surface area contributed by atoms with Crippen LogP contribution >= 0.6 is 0 Å².